The summed E-state index contributed by atoms with van der Waals surface area (Å²) in [4.78, 5) is 28.8. The van der Waals surface area contributed by atoms with Crippen LogP contribution >= 0.6 is 0 Å². The number of aromatic nitrogens is 1. The van der Waals surface area contributed by atoms with Crippen molar-refractivity contribution < 1.29 is 18.9 Å². The van der Waals surface area contributed by atoms with Gasteiger partial charge in [0.2, 0.25) is 0 Å². The number of anilines is 1. The largest absolute Gasteiger partial charge is 0.484 e. The normalized spacial score (nSPS) is 11.6. The van der Waals surface area contributed by atoms with Crippen LogP contribution in [-0.4, -0.2) is 22.4 Å². The summed E-state index contributed by atoms with van der Waals surface area (Å²) in [5.41, 5.74) is -0.0461. The third kappa shape index (κ3) is 4.30. The van der Waals surface area contributed by atoms with Gasteiger partial charge in [-0.1, -0.05) is 6.07 Å². The summed E-state index contributed by atoms with van der Waals surface area (Å²) in [5.74, 6) is 1.12. The minimum Gasteiger partial charge on any atom is -0.484 e. The minimum absolute atomic E-state index is 0.0461. The fourth-order valence-electron chi connectivity index (χ4n) is 2.57. The smallest absolute Gasteiger partial charge is 0.269 e. The number of amides is 1. The van der Waals surface area contributed by atoms with Crippen LogP contribution in [0.1, 0.15) is 18.7 Å². The van der Waals surface area contributed by atoms with Crippen molar-refractivity contribution in [3.63, 3.8) is 0 Å². The first-order chi connectivity index (χ1) is 13.1. The Morgan fingerprint density at radius 3 is 2.59 bits per heavy atom. The van der Waals surface area contributed by atoms with E-state index in [1.54, 1.807) is 42.8 Å². The van der Waals surface area contributed by atoms with Crippen LogP contribution in [0, 0.1) is 10.1 Å². The highest BCUT2D eigenvalue weighted by Gasteiger charge is 2.26. The van der Waals surface area contributed by atoms with Gasteiger partial charge in [-0.25, -0.2) is 4.98 Å². The Hall–Kier alpha value is -3.68. The molecule has 0 N–H and O–H groups in total. The molecule has 0 saturated carbocycles. The maximum Gasteiger partial charge on any atom is 0.269 e. The number of nitro groups is 1. The third-order valence-electron chi connectivity index (χ3n) is 3.92. The first kappa shape index (κ1) is 18.1. The number of non-ortho nitro benzene ring substituents is 1. The summed E-state index contributed by atoms with van der Waals surface area (Å²) in [6.45, 7) is 1.58. The molecule has 1 aromatic carbocycles. The van der Waals surface area contributed by atoms with Crippen molar-refractivity contribution in [2.75, 3.05) is 11.5 Å². The third-order valence-corrected chi connectivity index (χ3v) is 3.92. The number of furan rings is 1. The molecule has 0 bridgehead atoms. The molecule has 0 aliphatic carbocycles. The van der Waals surface area contributed by atoms with E-state index in [4.69, 9.17) is 9.15 Å². The molecule has 27 heavy (non-hydrogen) atoms. The lowest BCUT2D eigenvalue weighted by atomic mass is 10.2. The van der Waals surface area contributed by atoms with Gasteiger partial charge in [0.15, 0.2) is 6.61 Å². The first-order valence-corrected chi connectivity index (χ1v) is 8.20. The van der Waals surface area contributed by atoms with Gasteiger partial charge in [0.05, 0.1) is 17.2 Å². The van der Waals surface area contributed by atoms with Crippen LogP contribution in [0.4, 0.5) is 11.5 Å². The summed E-state index contributed by atoms with van der Waals surface area (Å²) >= 11 is 0. The second-order valence-corrected chi connectivity index (χ2v) is 5.68. The predicted octanol–water partition coefficient (Wildman–Crippen LogP) is 3.76. The molecule has 8 heteroatoms. The zero-order valence-electron chi connectivity index (χ0n) is 14.5. The van der Waals surface area contributed by atoms with Gasteiger partial charge in [-0.3, -0.25) is 19.8 Å². The van der Waals surface area contributed by atoms with E-state index in [1.165, 1.54) is 29.2 Å². The van der Waals surface area contributed by atoms with Crippen LogP contribution in [0.2, 0.25) is 0 Å². The molecule has 0 spiro atoms. The molecule has 3 aromatic rings. The number of benzene rings is 1. The van der Waals surface area contributed by atoms with Gasteiger partial charge in [-0.05, 0) is 43.3 Å². The van der Waals surface area contributed by atoms with E-state index in [2.05, 4.69) is 4.98 Å². The molecule has 2 heterocycles. The molecular formula is C19H17N3O5. The van der Waals surface area contributed by atoms with Crippen molar-refractivity contribution in [2.45, 2.75) is 13.0 Å². The van der Waals surface area contributed by atoms with Crippen molar-refractivity contribution in [3.8, 4) is 5.75 Å². The zero-order valence-corrected chi connectivity index (χ0v) is 14.5. The molecule has 1 amide bonds. The SMILES string of the molecule is CC(c1ccco1)N(C(=O)COc1ccc([N+](=O)[O-])cc1)c1ccccn1. The summed E-state index contributed by atoms with van der Waals surface area (Å²) < 4.78 is 10.9. The number of hydrogen-bond donors (Lipinski definition) is 0. The molecule has 1 unspecified atom stereocenters. The minimum atomic E-state index is -0.497. The maximum absolute atomic E-state index is 12.8. The van der Waals surface area contributed by atoms with E-state index < -0.39 is 4.92 Å². The number of nitro benzene ring substituents is 1. The lowest BCUT2D eigenvalue weighted by Gasteiger charge is -2.27. The Labute approximate surface area is 155 Å². The summed E-state index contributed by atoms with van der Waals surface area (Å²) in [6, 6.07) is 14.0. The van der Waals surface area contributed by atoms with E-state index in [0.717, 1.165) is 0 Å². The van der Waals surface area contributed by atoms with Crippen LogP contribution in [-0.2, 0) is 4.79 Å². The Kier molecular flexibility index (Phi) is 5.46. The van der Waals surface area contributed by atoms with Gasteiger partial charge in [-0.15, -0.1) is 0 Å². The molecule has 138 valence electrons. The van der Waals surface area contributed by atoms with E-state index in [1.807, 2.05) is 6.92 Å². The molecule has 0 radical (unpaired) electrons. The van der Waals surface area contributed by atoms with Gasteiger partial charge in [0.25, 0.3) is 11.6 Å². The fraction of sp³-hybridized carbons (Fsp3) is 0.158. The number of carbonyl (C=O) groups is 1. The maximum atomic E-state index is 12.8. The van der Waals surface area contributed by atoms with Crippen LogP contribution < -0.4 is 9.64 Å². The molecule has 1 atom stereocenters. The highest BCUT2D eigenvalue weighted by molar-refractivity contribution is 5.94. The van der Waals surface area contributed by atoms with Crippen molar-refractivity contribution >= 4 is 17.4 Å². The van der Waals surface area contributed by atoms with Crippen molar-refractivity contribution in [3.05, 3.63) is 82.9 Å². The molecule has 0 aliphatic heterocycles. The van der Waals surface area contributed by atoms with E-state index in [9.17, 15) is 14.9 Å². The molecule has 8 nitrogen and oxygen atoms in total. The topological polar surface area (TPSA) is 98.7 Å². The average Bonchev–Trinajstić information content (AvgIpc) is 3.22. The monoisotopic (exact) mass is 367 g/mol. The highest BCUT2D eigenvalue weighted by atomic mass is 16.6. The number of hydrogen-bond acceptors (Lipinski definition) is 6. The molecule has 0 saturated heterocycles. The lowest BCUT2D eigenvalue weighted by molar-refractivity contribution is -0.384. The van der Waals surface area contributed by atoms with E-state index >= 15 is 0 Å². The molecule has 3 rings (SSSR count). The Balaban J connectivity index is 1.76. The standard InChI is InChI=1S/C19H17N3O5/c1-14(17-5-4-12-26-17)21(18-6-2-3-11-20-18)19(23)13-27-16-9-7-15(8-10-16)22(24)25/h2-12,14H,13H2,1H3. The van der Waals surface area contributed by atoms with Gasteiger partial charge in [-0.2, -0.15) is 0 Å². The Morgan fingerprint density at radius 2 is 2.00 bits per heavy atom. The van der Waals surface area contributed by atoms with Gasteiger partial charge in [0.1, 0.15) is 17.3 Å². The average molecular weight is 367 g/mol. The molecule has 0 fully saturated rings. The van der Waals surface area contributed by atoms with Crippen molar-refractivity contribution in [1.29, 1.82) is 0 Å². The fourth-order valence-corrected chi connectivity index (χ4v) is 2.57. The van der Waals surface area contributed by atoms with Crippen molar-refractivity contribution in [1.82, 2.24) is 4.98 Å². The molecular weight excluding hydrogens is 350 g/mol. The highest BCUT2D eigenvalue weighted by Crippen LogP contribution is 2.26. The van der Waals surface area contributed by atoms with Gasteiger partial charge >= 0.3 is 0 Å². The summed E-state index contributed by atoms with van der Waals surface area (Å²) in [6.07, 6.45) is 3.14. The second-order valence-electron chi connectivity index (χ2n) is 5.68. The van der Waals surface area contributed by atoms with Gasteiger partial charge in [0, 0.05) is 18.3 Å². The van der Waals surface area contributed by atoms with Gasteiger partial charge < -0.3 is 9.15 Å². The summed E-state index contributed by atoms with van der Waals surface area (Å²) in [7, 11) is 0. The zero-order chi connectivity index (χ0) is 19.2. The molecule has 0 aliphatic rings. The number of nitrogens with zero attached hydrogens (tertiary/aromatic N) is 3. The first-order valence-electron chi connectivity index (χ1n) is 8.20. The molecule has 2 aromatic heterocycles. The van der Waals surface area contributed by atoms with Crippen LogP contribution in [0.15, 0.2) is 71.5 Å². The number of ether oxygens (including phenoxy) is 1. The summed E-state index contributed by atoms with van der Waals surface area (Å²) in [5, 5.41) is 10.7. The van der Waals surface area contributed by atoms with E-state index in [0.29, 0.717) is 17.3 Å². The van der Waals surface area contributed by atoms with Crippen molar-refractivity contribution in [2.24, 2.45) is 0 Å². The van der Waals surface area contributed by atoms with E-state index in [-0.39, 0.29) is 24.2 Å². The van der Waals surface area contributed by atoms with Crippen LogP contribution in [0.3, 0.4) is 0 Å². The Bertz CT molecular complexity index is 895. The lowest BCUT2D eigenvalue weighted by Crippen LogP contribution is -2.37. The Morgan fingerprint density at radius 1 is 1.22 bits per heavy atom. The van der Waals surface area contributed by atoms with Crippen LogP contribution in [0.25, 0.3) is 0 Å². The van der Waals surface area contributed by atoms with Crippen LogP contribution in [0.5, 0.6) is 5.75 Å². The number of carbonyl (C=O) groups excluding carboxylic acids is 1. The predicted molar refractivity (Wildman–Crippen MR) is 97.4 cm³/mol. The quantitative estimate of drug-likeness (QED) is 0.466. The number of rotatable bonds is 7. The second kappa shape index (κ2) is 8.13. The number of pyridine rings is 1.